The molecule has 1 aromatic rings. The van der Waals surface area contributed by atoms with Gasteiger partial charge in [0.25, 0.3) is 0 Å². The highest BCUT2D eigenvalue weighted by atomic mass is 14.8. The number of nitrogens with two attached hydrogens (primary N) is 1. The molecule has 15 heavy (non-hydrogen) atoms. The predicted octanol–water partition coefficient (Wildman–Crippen LogP) is 2.69. The first-order chi connectivity index (χ1) is 6.92. The molecular weight excluding hydrogens is 184 g/mol. The standard InChI is InChI=1S/C13H20N2/c1-12(2,3)11-7-13(14,8-11)10-5-4-6-15-9-10/h4-6,9,11H,7-8,14H2,1-3H3. The molecular formula is C13H20N2. The van der Waals surface area contributed by atoms with E-state index in [1.165, 1.54) is 5.56 Å². The van der Waals surface area contributed by atoms with Gasteiger partial charge >= 0.3 is 0 Å². The largest absolute Gasteiger partial charge is 0.321 e. The van der Waals surface area contributed by atoms with Crippen LogP contribution in [0.25, 0.3) is 0 Å². The molecule has 0 saturated heterocycles. The second kappa shape index (κ2) is 3.31. The molecule has 1 aromatic heterocycles. The van der Waals surface area contributed by atoms with Crippen LogP contribution < -0.4 is 5.73 Å². The van der Waals surface area contributed by atoms with E-state index in [1.807, 2.05) is 12.3 Å². The molecule has 0 unspecified atom stereocenters. The number of hydrogen-bond acceptors (Lipinski definition) is 2. The zero-order chi connectivity index (χ0) is 11.1. The molecule has 1 aliphatic rings. The quantitative estimate of drug-likeness (QED) is 0.764. The van der Waals surface area contributed by atoms with Crippen LogP contribution in [0.3, 0.4) is 0 Å². The lowest BCUT2D eigenvalue weighted by Gasteiger charge is -2.51. The van der Waals surface area contributed by atoms with Gasteiger partial charge in [-0.3, -0.25) is 4.98 Å². The molecule has 2 nitrogen and oxygen atoms in total. The number of aromatic nitrogens is 1. The molecule has 0 aliphatic heterocycles. The van der Waals surface area contributed by atoms with Gasteiger partial charge in [-0.2, -0.15) is 0 Å². The van der Waals surface area contributed by atoms with Gasteiger partial charge in [0.1, 0.15) is 0 Å². The van der Waals surface area contributed by atoms with E-state index in [-0.39, 0.29) is 5.54 Å². The highest BCUT2D eigenvalue weighted by molar-refractivity contribution is 5.24. The SMILES string of the molecule is CC(C)(C)C1CC(N)(c2cccnc2)C1. The second-order valence-electron chi connectivity index (χ2n) is 5.87. The van der Waals surface area contributed by atoms with E-state index in [1.54, 1.807) is 6.20 Å². The molecule has 2 rings (SSSR count). The fourth-order valence-corrected chi connectivity index (χ4v) is 2.32. The van der Waals surface area contributed by atoms with E-state index < -0.39 is 0 Å². The van der Waals surface area contributed by atoms with Gasteiger partial charge in [-0.15, -0.1) is 0 Å². The van der Waals surface area contributed by atoms with E-state index >= 15 is 0 Å². The summed E-state index contributed by atoms with van der Waals surface area (Å²) in [6, 6.07) is 4.06. The van der Waals surface area contributed by atoms with Crippen molar-refractivity contribution >= 4 is 0 Å². The van der Waals surface area contributed by atoms with Crippen LogP contribution in [0, 0.1) is 11.3 Å². The molecule has 0 aromatic carbocycles. The molecule has 1 saturated carbocycles. The maximum atomic E-state index is 6.37. The summed E-state index contributed by atoms with van der Waals surface area (Å²) in [4.78, 5) is 4.14. The first kappa shape index (κ1) is 10.6. The van der Waals surface area contributed by atoms with Crippen molar-refractivity contribution in [3.05, 3.63) is 30.1 Å². The zero-order valence-corrected chi connectivity index (χ0v) is 9.83. The van der Waals surface area contributed by atoms with Gasteiger partial charge < -0.3 is 5.73 Å². The average Bonchev–Trinajstić information content (AvgIpc) is 2.13. The van der Waals surface area contributed by atoms with E-state index in [4.69, 9.17) is 5.73 Å². The first-order valence-electron chi connectivity index (χ1n) is 5.61. The molecule has 2 N–H and O–H groups in total. The van der Waals surface area contributed by atoms with Crippen LogP contribution in [0.5, 0.6) is 0 Å². The minimum Gasteiger partial charge on any atom is -0.321 e. The van der Waals surface area contributed by atoms with Crippen molar-refractivity contribution in [1.82, 2.24) is 4.98 Å². The predicted molar refractivity (Wildman–Crippen MR) is 62.3 cm³/mol. The van der Waals surface area contributed by atoms with E-state index in [2.05, 4.69) is 31.8 Å². The maximum absolute atomic E-state index is 6.37. The molecule has 1 heterocycles. The van der Waals surface area contributed by atoms with Gasteiger partial charge in [0.2, 0.25) is 0 Å². The molecule has 82 valence electrons. The summed E-state index contributed by atoms with van der Waals surface area (Å²) < 4.78 is 0. The summed E-state index contributed by atoms with van der Waals surface area (Å²) in [5, 5.41) is 0. The van der Waals surface area contributed by atoms with Gasteiger partial charge in [-0.05, 0) is 35.8 Å². The van der Waals surface area contributed by atoms with Crippen LogP contribution in [-0.4, -0.2) is 4.98 Å². The van der Waals surface area contributed by atoms with Gasteiger partial charge in [0.05, 0.1) is 0 Å². The summed E-state index contributed by atoms with van der Waals surface area (Å²) in [5.41, 5.74) is 7.82. The van der Waals surface area contributed by atoms with Gasteiger partial charge in [0.15, 0.2) is 0 Å². The monoisotopic (exact) mass is 204 g/mol. The van der Waals surface area contributed by atoms with Gasteiger partial charge in [-0.1, -0.05) is 26.8 Å². The summed E-state index contributed by atoms with van der Waals surface area (Å²) in [5.74, 6) is 0.739. The lowest BCUT2D eigenvalue weighted by molar-refractivity contribution is 0.0488. The molecule has 0 amide bonds. The molecule has 0 spiro atoms. The molecule has 0 atom stereocenters. The number of nitrogens with zero attached hydrogens (tertiary/aromatic N) is 1. The van der Waals surface area contributed by atoms with Gasteiger partial charge in [-0.25, -0.2) is 0 Å². The van der Waals surface area contributed by atoms with Crippen molar-refractivity contribution in [2.45, 2.75) is 39.2 Å². The first-order valence-corrected chi connectivity index (χ1v) is 5.61. The van der Waals surface area contributed by atoms with Crippen molar-refractivity contribution in [3.8, 4) is 0 Å². The highest BCUT2D eigenvalue weighted by Crippen LogP contribution is 2.50. The third kappa shape index (κ3) is 1.91. The lowest BCUT2D eigenvalue weighted by atomic mass is 9.57. The van der Waals surface area contributed by atoms with Crippen molar-refractivity contribution < 1.29 is 0 Å². The van der Waals surface area contributed by atoms with E-state index in [0.717, 1.165) is 18.8 Å². The third-order valence-electron chi connectivity index (χ3n) is 3.68. The Labute approximate surface area is 91.9 Å². The van der Waals surface area contributed by atoms with E-state index in [9.17, 15) is 0 Å². The Kier molecular flexibility index (Phi) is 2.34. The maximum Gasteiger partial charge on any atom is 0.0430 e. The van der Waals surface area contributed by atoms with Crippen molar-refractivity contribution in [2.75, 3.05) is 0 Å². The van der Waals surface area contributed by atoms with Gasteiger partial charge in [0, 0.05) is 17.9 Å². The molecule has 2 heteroatoms. The van der Waals surface area contributed by atoms with Crippen LogP contribution in [0.2, 0.25) is 0 Å². The Morgan fingerprint density at radius 2 is 2.07 bits per heavy atom. The van der Waals surface area contributed by atoms with Crippen LogP contribution >= 0.6 is 0 Å². The van der Waals surface area contributed by atoms with Crippen molar-refractivity contribution in [3.63, 3.8) is 0 Å². The Hall–Kier alpha value is -0.890. The summed E-state index contributed by atoms with van der Waals surface area (Å²) in [6.45, 7) is 6.88. The number of hydrogen-bond donors (Lipinski definition) is 1. The van der Waals surface area contributed by atoms with Crippen LogP contribution in [0.1, 0.15) is 39.2 Å². The summed E-state index contributed by atoms with van der Waals surface area (Å²) in [7, 11) is 0. The number of pyridine rings is 1. The summed E-state index contributed by atoms with van der Waals surface area (Å²) in [6.07, 6.45) is 5.87. The fraction of sp³-hybridized carbons (Fsp3) is 0.615. The molecule has 1 fully saturated rings. The molecule has 0 bridgehead atoms. The normalized spacial score (nSPS) is 31.1. The van der Waals surface area contributed by atoms with Crippen LogP contribution in [0.15, 0.2) is 24.5 Å². The Morgan fingerprint density at radius 3 is 2.53 bits per heavy atom. The third-order valence-corrected chi connectivity index (χ3v) is 3.68. The van der Waals surface area contributed by atoms with Crippen LogP contribution in [-0.2, 0) is 5.54 Å². The lowest BCUT2D eigenvalue weighted by Crippen LogP contribution is -2.52. The smallest absolute Gasteiger partial charge is 0.0430 e. The highest BCUT2D eigenvalue weighted by Gasteiger charge is 2.46. The molecule has 0 radical (unpaired) electrons. The van der Waals surface area contributed by atoms with E-state index in [0.29, 0.717) is 5.41 Å². The average molecular weight is 204 g/mol. The molecule has 1 aliphatic carbocycles. The Morgan fingerprint density at radius 1 is 1.40 bits per heavy atom. The Bertz CT molecular complexity index is 331. The minimum atomic E-state index is -0.119. The zero-order valence-electron chi connectivity index (χ0n) is 9.83. The van der Waals surface area contributed by atoms with Crippen LogP contribution in [0.4, 0.5) is 0 Å². The Balaban J connectivity index is 2.09. The van der Waals surface area contributed by atoms with Crippen molar-refractivity contribution in [1.29, 1.82) is 0 Å². The fourth-order valence-electron chi connectivity index (χ4n) is 2.32. The second-order valence-corrected chi connectivity index (χ2v) is 5.87. The number of rotatable bonds is 1. The van der Waals surface area contributed by atoms with Crippen molar-refractivity contribution in [2.24, 2.45) is 17.1 Å². The minimum absolute atomic E-state index is 0.119. The summed E-state index contributed by atoms with van der Waals surface area (Å²) >= 11 is 0. The topological polar surface area (TPSA) is 38.9 Å².